The predicted octanol–water partition coefficient (Wildman–Crippen LogP) is 0.427. The lowest BCUT2D eigenvalue weighted by atomic mass is 10.1. The van der Waals surface area contributed by atoms with E-state index in [4.69, 9.17) is 21.6 Å². The highest BCUT2D eigenvalue weighted by atomic mass is 16.5. The monoisotopic (exact) mass is 321 g/mol. The first-order valence-electron chi connectivity index (χ1n) is 7.18. The highest BCUT2D eigenvalue weighted by molar-refractivity contribution is 6.00. The van der Waals surface area contributed by atoms with Crippen molar-refractivity contribution in [2.24, 2.45) is 11.5 Å². The number of carbonyl (C=O) groups excluding carboxylic acids is 2. The maximum atomic E-state index is 12.0. The molecule has 0 aromatic heterocycles. The van der Waals surface area contributed by atoms with Crippen molar-refractivity contribution < 1.29 is 14.3 Å². The minimum absolute atomic E-state index is 0.113. The number of carbonyl (C=O) groups is 2. The van der Waals surface area contributed by atoms with Crippen molar-refractivity contribution in [2.45, 2.75) is 25.8 Å². The third kappa shape index (κ3) is 5.95. The van der Waals surface area contributed by atoms with Gasteiger partial charge in [0.05, 0.1) is 18.7 Å². The summed E-state index contributed by atoms with van der Waals surface area (Å²) in [5, 5.41) is 12.3. The fourth-order valence-corrected chi connectivity index (χ4v) is 1.97. The van der Waals surface area contributed by atoms with E-state index >= 15 is 0 Å². The van der Waals surface area contributed by atoms with Crippen LogP contribution in [0, 0.1) is 5.41 Å². The van der Waals surface area contributed by atoms with Gasteiger partial charge in [-0.25, -0.2) is 0 Å². The molecule has 0 aliphatic heterocycles. The molecule has 23 heavy (non-hydrogen) atoms. The summed E-state index contributed by atoms with van der Waals surface area (Å²) in [5.41, 5.74) is 11.9. The zero-order valence-electron chi connectivity index (χ0n) is 13.3. The molecular weight excluding hydrogens is 298 g/mol. The van der Waals surface area contributed by atoms with Crippen LogP contribution in [0.1, 0.15) is 30.1 Å². The third-order valence-corrected chi connectivity index (χ3v) is 3.19. The van der Waals surface area contributed by atoms with Crippen LogP contribution in [0.5, 0.6) is 5.75 Å². The molecule has 0 fully saturated rings. The number of ether oxygens (including phenoxy) is 1. The zero-order chi connectivity index (χ0) is 17.4. The number of rotatable bonds is 8. The Kier molecular flexibility index (Phi) is 7.01. The Bertz CT molecular complexity index is 588. The largest absolute Gasteiger partial charge is 0.496 e. The topological polar surface area (TPSA) is 143 Å². The van der Waals surface area contributed by atoms with Crippen molar-refractivity contribution in [1.29, 1.82) is 5.41 Å². The van der Waals surface area contributed by atoms with Gasteiger partial charge >= 0.3 is 0 Å². The van der Waals surface area contributed by atoms with Crippen LogP contribution in [-0.4, -0.2) is 37.3 Å². The molecule has 1 atom stereocenters. The van der Waals surface area contributed by atoms with Crippen molar-refractivity contribution >= 4 is 23.3 Å². The number of benzene rings is 1. The van der Waals surface area contributed by atoms with Crippen LogP contribution in [0.4, 0.5) is 5.69 Å². The summed E-state index contributed by atoms with van der Waals surface area (Å²) in [6, 6.07) is 4.14. The molecule has 0 saturated heterocycles. The van der Waals surface area contributed by atoms with Crippen LogP contribution < -0.4 is 26.8 Å². The van der Waals surface area contributed by atoms with E-state index in [1.165, 1.54) is 14.0 Å². The van der Waals surface area contributed by atoms with Gasteiger partial charge in [0.15, 0.2) is 11.7 Å². The predicted molar refractivity (Wildman–Crippen MR) is 88.8 cm³/mol. The van der Waals surface area contributed by atoms with E-state index in [0.29, 0.717) is 36.4 Å². The molecule has 0 heterocycles. The van der Waals surface area contributed by atoms with Gasteiger partial charge in [0.2, 0.25) is 5.91 Å². The Morgan fingerprint density at radius 1 is 1.39 bits per heavy atom. The number of anilines is 1. The molecule has 8 nitrogen and oxygen atoms in total. The molecule has 1 rings (SSSR count). The third-order valence-electron chi connectivity index (χ3n) is 3.19. The average molecular weight is 321 g/mol. The summed E-state index contributed by atoms with van der Waals surface area (Å²) in [4.78, 5) is 23.6. The van der Waals surface area contributed by atoms with Crippen molar-refractivity contribution in [3.05, 3.63) is 23.8 Å². The number of methoxy groups -OCH3 is 1. The molecule has 7 N–H and O–H groups in total. The molecule has 1 aromatic carbocycles. The Balaban J connectivity index is 2.61. The van der Waals surface area contributed by atoms with Gasteiger partial charge in [0.1, 0.15) is 5.75 Å². The number of amides is 1. The number of nitrogens with two attached hydrogens (primary N) is 2. The molecule has 0 spiro atoms. The second-order valence-electron chi connectivity index (χ2n) is 5.05. The molecule has 0 aliphatic rings. The van der Waals surface area contributed by atoms with Crippen molar-refractivity contribution in [2.75, 3.05) is 19.0 Å². The quantitative estimate of drug-likeness (QED) is 0.203. The van der Waals surface area contributed by atoms with Crippen LogP contribution in [0.25, 0.3) is 0 Å². The summed E-state index contributed by atoms with van der Waals surface area (Å²) >= 11 is 0. The fraction of sp³-hybridized carbons (Fsp3) is 0.400. The van der Waals surface area contributed by atoms with E-state index in [9.17, 15) is 9.59 Å². The molecule has 0 unspecified atom stereocenters. The van der Waals surface area contributed by atoms with Gasteiger partial charge in [-0.05, 0) is 38.0 Å². The lowest BCUT2D eigenvalue weighted by molar-refractivity contribution is -0.117. The number of nitrogens with one attached hydrogen (secondary N) is 3. The van der Waals surface area contributed by atoms with E-state index in [0.717, 1.165) is 0 Å². The van der Waals surface area contributed by atoms with Gasteiger partial charge in [-0.2, -0.15) is 0 Å². The standard InChI is InChI=1S/C15H23N5O3/c1-9(21)11-8-10(5-6-13(11)23-2)20-14(22)12(16)4-3-7-19-15(17)18/h5-6,8,12H,3-4,7,16H2,1-2H3,(H,20,22)(H4,17,18,19)/t12-/m1/s1. The first-order valence-corrected chi connectivity index (χ1v) is 7.18. The lowest BCUT2D eigenvalue weighted by Gasteiger charge is -2.14. The normalized spacial score (nSPS) is 11.4. The Morgan fingerprint density at radius 2 is 2.09 bits per heavy atom. The molecule has 0 saturated carbocycles. The van der Waals surface area contributed by atoms with E-state index < -0.39 is 6.04 Å². The van der Waals surface area contributed by atoms with Crippen LogP contribution >= 0.6 is 0 Å². The highest BCUT2D eigenvalue weighted by Gasteiger charge is 2.15. The summed E-state index contributed by atoms with van der Waals surface area (Å²) in [5.74, 6) is -0.154. The number of hydrogen-bond donors (Lipinski definition) is 5. The van der Waals surface area contributed by atoms with E-state index in [1.807, 2.05) is 0 Å². The van der Waals surface area contributed by atoms with Crippen LogP contribution in [0.15, 0.2) is 18.2 Å². The second-order valence-corrected chi connectivity index (χ2v) is 5.05. The van der Waals surface area contributed by atoms with Gasteiger partial charge in [-0.1, -0.05) is 0 Å². The number of Topliss-reactive ketones (excluding diaryl/α,β-unsaturated/α-hetero) is 1. The number of hydrogen-bond acceptors (Lipinski definition) is 5. The zero-order valence-corrected chi connectivity index (χ0v) is 13.3. The SMILES string of the molecule is COc1ccc(NC(=O)[C@H](N)CCCNC(=N)N)cc1C(C)=O. The summed E-state index contributed by atoms with van der Waals surface area (Å²) < 4.78 is 5.11. The summed E-state index contributed by atoms with van der Waals surface area (Å²) in [7, 11) is 1.48. The smallest absolute Gasteiger partial charge is 0.241 e. The van der Waals surface area contributed by atoms with Crippen LogP contribution in [0.3, 0.4) is 0 Å². The van der Waals surface area contributed by atoms with Gasteiger partial charge < -0.3 is 26.8 Å². The van der Waals surface area contributed by atoms with E-state index in [1.54, 1.807) is 18.2 Å². The van der Waals surface area contributed by atoms with Crippen molar-refractivity contribution in [3.8, 4) is 5.75 Å². The summed E-state index contributed by atoms with van der Waals surface area (Å²) in [6.45, 7) is 1.91. The molecule has 0 radical (unpaired) electrons. The molecule has 0 bridgehead atoms. The van der Waals surface area contributed by atoms with E-state index in [2.05, 4.69) is 10.6 Å². The van der Waals surface area contributed by atoms with E-state index in [-0.39, 0.29) is 17.6 Å². The Labute approximate surface area is 135 Å². The van der Waals surface area contributed by atoms with Crippen LogP contribution in [0.2, 0.25) is 0 Å². The number of guanidine groups is 1. The molecular formula is C15H23N5O3. The Morgan fingerprint density at radius 3 is 2.65 bits per heavy atom. The first kappa shape index (κ1) is 18.4. The fourth-order valence-electron chi connectivity index (χ4n) is 1.97. The van der Waals surface area contributed by atoms with Gasteiger partial charge in [-0.3, -0.25) is 15.0 Å². The number of ketones is 1. The minimum atomic E-state index is -0.688. The van der Waals surface area contributed by atoms with Gasteiger partial charge in [0, 0.05) is 12.2 Å². The lowest BCUT2D eigenvalue weighted by Crippen LogP contribution is -2.37. The van der Waals surface area contributed by atoms with Gasteiger partial charge in [-0.15, -0.1) is 0 Å². The average Bonchev–Trinajstić information content (AvgIpc) is 2.50. The molecule has 0 aliphatic carbocycles. The maximum absolute atomic E-state index is 12.0. The van der Waals surface area contributed by atoms with Crippen molar-refractivity contribution in [1.82, 2.24) is 5.32 Å². The highest BCUT2D eigenvalue weighted by Crippen LogP contribution is 2.23. The molecule has 1 aromatic rings. The molecule has 1 amide bonds. The van der Waals surface area contributed by atoms with Gasteiger partial charge in [0.25, 0.3) is 0 Å². The molecule has 8 heteroatoms. The Hall–Kier alpha value is -2.61. The maximum Gasteiger partial charge on any atom is 0.241 e. The van der Waals surface area contributed by atoms with Crippen molar-refractivity contribution in [3.63, 3.8) is 0 Å². The van der Waals surface area contributed by atoms with Crippen LogP contribution in [-0.2, 0) is 4.79 Å². The first-order chi connectivity index (χ1) is 10.8. The minimum Gasteiger partial charge on any atom is -0.496 e. The summed E-state index contributed by atoms with van der Waals surface area (Å²) in [6.07, 6.45) is 1.05. The molecule has 126 valence electrons. The second kappa shape index (κ2) is 8.74.